The molecule has 0 aromatic heterocycles. The van der Waals surface area contributed by atoms with E-state index in [0.717, 1.165) is 30.0 Å². The van der Waals surface area contributed by atoms with Crippen LogP contribution >= 0.6 is 0 Å². The molecule has 5 nitrogen and oxygen atoms in total. The van der Waals surface area contributed by atoms with E-state index in [1.165, 1.54) is 0 Å². The van der Waals surface area contributed by atoms with Crippen molar-refractivity contribution in [2.45, 2.75) is 20.0 Å². The highest BCUT2D eigenvalue weighted by atomic mass is 16.5. The lowest BCUT2D eigenvalue weighted by Crippen LogP contribution is -2.37. The van der Waals surface area contributed by atoms with Crippen LogP contribution in [0.3, 0.4) is 0 Å². The first kappa shape index (κ1) is 17.3. The van der Waals surface area contributed by atoms with Gasteiger partial charge in [0.15, 0.2) is 6.10 Å². The second-order valence-corrected chi connectivity index (χ2v) is 6.18. The smallest absolute Gasteiger partial charge is 0.265 e. The van der Waals surface area contributed by atoms with E-state index in [1.54, 1.807) is 6.92 Å². The Morgan fingerprint density at radius 3 is 2.52 bits per heavy atom. The Morgan fingerprint density at radius 1 is 1.12 bits per heavy atom. The summed E-state index contributed by atoms with van der Waals surface area (Å²) in [6.45, 7) is 6.82. The fraction of sp³-hybridized carbons (Fsp3) is 0.350. The molecule has 1 unspecified atom stereocenters. The standard InChI is InChI=1S/C20H24N2O3/c1-15-7-9-17(10-8-15)25-16(2)20(23)21-18-5-3-4-6-19(18)22-11-13-24-14-12-22/h3-10,16H,11-14H2,1-2H3,(H,21,23). The number of aryl methyl sites for hydroxylation is 1. The first-order valence-corrected chi connectivity index (χ1v) is 8.59. The fourth-order valence-corrected chi connectivity index (χ4v) is 2.77. The van der Waals surface area contributed by atoms with Crippen LogP contribution in [0.4, 0.5) is 11.4 Å². The van der Waals surface area contributed by atoms with Gasteiger partial charge in [0.05, 0.1) is 24.6 Å². The predicted octanol–water partition coefficient (Wildman–Crippen LogP) is 3.24. The minimum atomic E-state index is -0.583. The van der Waals surface area contributed by atoms with Crippen LogP contribution in [-0.2, 0) is 9.53 Å². The monoisotopic (exact) mass is 340 g/mol. The van der Waals surface area contributed by atoms with Gasteiger partial charge >= 0.3 is 0 Å². The number of para-hydroxylation sites is 2. The predicted molar refractivity (Wildman–Crippen MR) is 99.4 cm³/mol. The molecule has 1 amide bonds. The number of ether oxygens (including phenoxy) is 2. The maximum Gasteiger partial charge on any atom is 0.265 e. The van der Waals surface area contributed by atoms with Gasteiger partial charge in [0, 0.05) is 13.1 Å². The van der Waals surface area contributed by atoms with Crippen LogP contribution in [-0.4, -0.2) is 38.3 Å². The summed E-state index contributed by atoms with van der Waals surface area (Å²) in [5, 5.41) is 2.99. The number of nitrogens with one attached hydrogen (secondary N) is 1. The zero-order chi connectivity index (χ0) is 17.6. The number of nitrogens with zero attached hydrogens (tertiary/aromatic N) is 1. The Morgan fingerprint density at radius 2 is 1.80 bits per heavy atom. The van der Waals surface area contributed by atoms with Gasteiger partial charge in [-0.3, -0.25) is 4.79 Å². The van der Waals surface area contributed by atoms with Crippen LogP contribution in [0, 0.1) is 6.92 Å². The normalized spacial score (nSPS) is 15.5. The van der Waals surface area contributed by atoms with Crippen molar-refractivity contribution in [3.63, 3.8) is 0 Å². The average Bonchev–Trinajstić information content (AvgIpc) is 2.64. The molecule has 2 aromatic rings. The molecule has 0 bridgehead atoms. The zero-order valence-corrected chi connectivity index (χ0v) is 14.7. The van der Waals surface area contributed by atoms with Crippen molar-refractivity contribution >= 4 is 17.3 Å². The molecule has 25 heavy (non-hydrogen) atoms. The lowest BCUT2D eigenvalue weighted by molar-refractivity contribution is -0.122. The SMILES string of the molecule is Cc1ccc(OC(C)C(=O)Nc2ccccc2N2CCOCC2)cc1. The van der Waals surface area contributed by atoms with Crippen LogP contribution in [0.15, 0.2) is 48.5 Å². The summed E-state index contributed by atoms with van der Waals surface area (Å²) < 4.78 is 11.1. The van der Waals surface area contributed by atoms with Crippen molar-refractivity contribution in [2.75, 3.05) is 36.5 Å². The minimum Gasteiger partial charge on any atom is -0.481 e. The van der Waals surface area contributed by atoms with E-state index in [4.69, 9.17) is 9.47 Å². The molecule has 1 aliphatic rings. The number of amides is 1. The number of hydrogen-bond acceptors (Lipinski definition) is 4. The number of hydrogen-bond donors (Lipinski definition) is 1. The van der Waals surface area contributed by atoms with Crippen molar-refractivity contribution in [3.05, 3.63) is 54.1 Å². The van der Waals surface area contributed by atoms with E-state index in [2.05, 4.69) is 10.2 Å². The second-order valence-electron chi connectivity index (χ2n) is 6.18. The first-order chi connectivity index (χ1) is 12.1. The van der Waals surface area contributed by atoms with Crippen LogP contribution in [0.25, 0.3) is 0 Å². The molecule has 1 aliphatic heterocycles. The van der Waals surface area contributed by atoms with E-state index in [9.17, 15) is 4.79 Å². The summed E-state index contributed by atoms with van der Waals surface area (Å²) in [5.74, 6) is 0.524. The lowest BCUT2D eigenvalue weighted by atomic mass is 10.2. The van der Waals surface area contributed by atoms with E-state index in [1.807, 2.05) is 55.5 Å². The third kappa shape index (κ3) is 4.51. The third-order valence-electron chi connectivity index (χ3n) is 4.22. The minimum absolute atomic E-state index is 0.165. The first-order valence-electron chi connectivity index (χ1n) is 8.59. The molecule has 132 valence electrons. The molecular weight excluding hydrogens is 316 g/mol. The van der Waals surface area contributed by atoms with Gasteiger partial charge in [0.1, 0.15) is 5.75 Å². The third-order valence-corrected chi connectivity index (χ3v) is 4.22. The highest BCUT2D eigenvalue weighted by Crippen LogP contribution is 2.26. The molecule has 1 atom stereocenters. The largest absolute Gasteiger partial charge is 0.481 e. The molecule has 0 saturated carbocycles. The molecule has 1 N–H and O–H groups in total. The average molecular weight is 340 g/mol. The highest BCUT2D eigenvalue weighted by molar-refractivity contribution is 5.97. The zero-order valence-electron chi connectivity index (χ0n) is 14.7. The van der Waals surface area contributed by atoms with Crippen LogP contribution in [0.1, 0.15) is 12.5 Å². The maximum absolute atomic E-state index is 12.5. The molecule has 0 aliphatic carbocycles. The molecule has 1 heterocycles. The van der Waals surface area contributed by atoms with Gasteiger partial charge in [-0.25, -0.2) is 0 Å². The number of anilines is 2. The molecule has 3 rings (SSSR count). The Hall–Kier alpha value is -2.53. The number of morpholine rings is 1. The molecule has 0 spiro atoms. The van der Waals surface area contributed by atoms with Crippen molar-refractivity contribution in [3.8, 4) is 5.75 Å². The molecular formula is C20H24N2O3. The number of carbonyl (C=O) groups excluding carboxylic acids is 1. The molecule has 0 radical (unpaired) electrons. The summed E-state index contributed by atoms with van der Waals surface area (Å²) in [4.78, 5) is 14.8. The maximum atomic E-state index is 12.5. The van der Waals surface area contributed by atoms with Crippen molar-refractivity contribution in [1.29, 1.82) is 0 Å². The Balaban J connectivity index is 1.66. The molecule has 1 fully saturated rings. The van der Waals surface area contributed by atoms with Gasteiger partial charge in [-0.05, 0) is 38.1 Å². The Labute approximate surface area is 148 Å². The fourth-order valence-electron chi connectivity index (χ4n) is 2.77. The van der Waals surface area contributed by atoms with Gasteiger partial charge in [0.2, 0.25) is 0 Å². The van der Waals surface area contributed by atoms with Gasteiger partial charge in [-0.15, -0.1) is 0 Å². The summed E-state index contributed by atoms with van der Waals surface area (Å²) in [6, 6.07) is 15.5. The number of benzene rings is 2. The van der Waals surface area contributed by atoms with Crippen molar-refractivity contribution in [1.82, 2.24) is 0 Å². The number of rotatable bonds is 5. The molecule has 1 saturated heterocycles. The van der Waals surface area contributed by atoms with Gasteiger partial charge in [0.25, 0.3) is 5.91 Å². The summed E-state index contributed by atoms with van der Waals surface area (Å²) in [7, 11) is 0. The van der Waals surface area contributed by atoms with Gasteiger partial charge < -0.3 is 19.7 Å². The van der Waals surface area contributed by atoms with E-state index in [0.29, 0.717) is 19.0 Å². The van der Waals surface area contributed by atoms with Crippen LogP contribution in [0.2, 0.25) is 0 Å². The van der Waals surface area contributed by atoms with E-state index in [-0.39, 0.29) is 5.91 Å². The van der Waals surface area contributed by atoms with Crippen LogP contribution in [0.5, 0.6) is 5.75 Å². The molecule has 5 heteroatoms. The molecule has 2 aromatic carbocycles. The summed E-state index contributed by atoms with van der Waals surface area (Å²) >= 11 is 0. The Kier molecular flexibility index (Phi) is 5.56. The number of carbonyl (C=O) groups is 1. The van der Waals surface area contributed by atoms with Crippen LogP contribution < -0.4 is 15.0 Å². The Bertz CT molecular complexity index is 709. The van der Waals surface area contributed by atoms with Crippen molar-refractivity contribution < 1.29 is 14.3 Å². The van der Waals surface area contributed by atoms with Crippen molar-refractivity contribution in [2.24, 2.45) is 0 Å². The van der Waals surface area contributed by atoms with Gasteiger partial charge in [-0.2, -0.15) is 0 Å². The topological polar surface area (TPSA) is 50.8 Å². The highest BCUT2D eigenvalue weighted by Gasteiger charge is 2.19. The van der Waals surface area contributed by atoms with E-state index >= 15 is 0 Å². The lowest BCUT2D eigenvalue weighted by Gasteiger charge is -2.30. The quantitative estimate of drug-likeness (QED) is 0.908. The van der Waals surface area contributed by atoms with E-state index < -0.39 is 6.10 Å². The second kappa shape index (κ2) is 8.03. The summed E-state index contributed by atoms with van der Waals surface area (Å²) in [6.07, 6.45) is -0.583. The summed E-state index contributed by atoms with van der Waals surface area (Å²) in [5.41, 5.74) is 2.97. The van der Waals surface area contributed by atoms with Gasteiger partial charge in [-0.1, -0.05) is 29.8 Å².